The molecule has 0 fully saturated rings. The van der Waals surface area contributed by atoms with E-state index in [1.807, 2.05) is 0 Å². The number of benzene rings is 1. The van der Waals surface area contributed by atoms with Crippen molar-refractivity contribution in [3.05, 3.63) is 29.3 Å². The highest BCUT2D eigenvalue weighted by molar-refractivity contribution is 5.98. The van der Waals surface area contributed by atoms with Gasteiger partial charge in [-0.3, -0.25) is 9.63 Å². The summed E-state index contributed by atoms with van der Waals surface area (Å²) in [7, 11) is 2.61. The lowest BCUT2D eigenvalue weighted by Gasteiger charge is -2.14. The highest BCUT2D eigenvalue weighted by atomic mass is 19.2. The highest BCUT2D eigenvalue weighted by Gasteiger charge is 2.17. The zero-order chi connectivity index (χ0) is 11.6. The third kappa shape index (κ3) is 2.21. The molecule has 0 aliphatic carbocycles. The summed E-state index contributed by atoms with van der Waals surface area (Å²) in [4.78, 5) is 16.1. The number of hydrogen-bond donors (Lipinski definition) is 1. The molecule has 1 aromatic carbocycles. The van der Waals surface area contributed by atoms with Gasteiger partial charge < -0.3 is 5.73 Å². The van der Waals surface area contributed by atoms with Gasteiger partial charge >= 0.3 is 0 Å². The molecule has 1 rings (SSSR count). The summed E-state index contributed by atoms with van der Waals surface area (Å²) in [5, 5.41) is 0.864. The Labute approximate surface area is 85.2 Å². The zero-order valence-corrected chi connectivity index (χ0v) is 8.25. The van der Waals surface area contributed by atoms with Gasteiger partial charge in [0, 0.05) is 18.8 Å². The number of nitrogens with zero attached hydrogens (tertiary/aromatic N) is 1. The molecule has 0 aromatic heterocycles. The molecule has 0 bridgehead atoms. The highest BCUT2D eigenvalue weighted by Crippen LogP contribution is 2.18. The van der Waals surface area contributed by atoms with Gasteiger partial charge in [-0.1, -0.05) is 0 Å². The predicted molar refractivity (Wildman–Crippen MR) is 49.9 cm³/mol. The summed E-state index contributed by atoms with van der Waals surface area (Å²) in [5.41, 5.74) is 5.10. The molecule has 2 N–H and O–H groups in total. The van der Waals surface area contributed by atoms with Gasteiger partial charge in [0.25, 0.3) is 5.91 Å². The van der Waals surface area contributed by atoms with Crippen LogP contribution in [0.1, 0.15) is 10.4 Å². The second-order valence-electron chi connectivity index (χ2n) is 2.84. The number of nitrogen functional groups attached to an aromatic ring is 1. The summed E-state index contributed by atoms with van der Waals surface area (Å²) in [6.07, 6.45) is 0. The largest absolute Gasteiger partial charge is 0.398 e. The van der Waals surface area contributed by atoms with E-state index < -0.39 is 17.5 Å². The number of hydroxylamine groups is 2. The van der Waals surface area contributed by atoms with Crippen molar-refractivity contribution in [3.63, 3.8) is 0 Å². The van der Waals surface area contributed by atoms with Crippen LogP contribution in [0.2, 0.25) is 0 Å². The molecule has 1 aromatic rings. The smallest absolute Gasteiger partial charge is 0.279 e. The first-order chi connectivity index (χ1) is 6.97. The van der Waals surface area contributed by atoms with Crippen molar-refractivity contribution in [3.8, 4) is 0 Å². The lowest BCUT2D eigenvalue weighted by atomic mass is 10.1. The minimum atomic E-state index is -1.13. The van der Waals surface area contributed by atoms with Gasteiger partial charge in [-0.25, -0.2) is 13.8 Å². The van der Waals surface area contributed by atoms with Gasteiger partial charge in [0.05, 0.1) is 12.7 Å². The summed E-state index contributed by atoms with van der Waals surface area (Å²) < 4.78 is 25.5. The number of rotatable bonds is 2. The fourth-order valence-electron chi connectivity index (χ4n) is 1.000. The number of amides is 1. The molecule has 0 aliphatic rings. The van der Waals surface area contributed by atoms with E-state index >= 15 is 0 Å². The zero-order valence-electron chi connectivity index (χ0n) is 8.25. The SMILES string of the molecule is CON(C)C(=O)c1cc(F)c(F)cc1N. The van der Waals surface area contributed by atoms with Gasteiger partial charge in [0.2, 0.25) is 0 Å². The van der Waals surface area contributed by atoms with Crippen molar-refractivity contribution in [1.29, 1.82) is 0 Å². The van der Waals surface area contributed by atoms with Crippen LogP contribution in [0.3, 0.4) is 0 Å². The van der Waals surface area contributed by atoms with Gasteiger partial charge in [0.15, 0.2) is 11.6 Å². The standard InChI is InChI=1S/C9H10F2N2O2/c1-13(15-2)9(14)5-3-6(10)7(11)4-8(5)12/h3-4H,12H2,1-2H3. The number of halogens is 2. The van der Waals surface area contributed by atoms with Crippen molar-refractivity contribution in [1.82, 2.24) is 5.06 Å². The van der Waals surface area contributed by atoms with Crippen LogP contribution in [0.5, 0.6) is 0 Å². The van der Waals surface area contributed by atoms with Crippen LogP contribution in [-0.2, 0) is 4.84 Å². The molecular weight excluding hydrogens is 206 g/mol. The molecule has 0 saturated heterocycles. The van der Waals surface area contributed by atoms with Crippen LogP contribution < -0.4 is 5.73 Å². The van der Waals surface area contributed by atoms with Gasteiger partial charge in [-0.2, -0.15) is 0 Å². The van der Waals surface area contributed by atoms with Crippen LogP contribution >= 0.6 is 0 Å². The lowest BCUT2D eigenvalue weighted by molar-refractivity contribution is -0.0756. The number of nitrogens with two attached hydrogens (primary N) is 1. The fraction of sp³-hybridized carbons (Fsp3) is 0.222. The maximum Gasteiger partial charge on any atom is 0.279 e. The Balaban J connectivity index is 3.15. The number of anilines is 1. The summed E-state index contributed by atoms with van der Waals surface area (Å²) in [6, 6.07) is 1.49. The van der Waals surface area contributed by atoms with Crippen molar-refractivity contribution in [2.75, 3.05) is 19.9 Å². The summed E-state index contributed by atoms with van der Waals surface area (Å²) in [5.74, 6) is -2.87. The molecule has 0 unspecified atom stereocenters. The second-order valence-corrected chi connectivity index (χ2v) is 2.84. The number of hydrogen-bond acceptors (Lipinski definition) is 3. The molecule has 0 atom stereocenters. The van der Waals surface area contributed by atoms with E-state index in [4.69, 9.17) is 5.73 Å². The minimum Gasteiger partial charge on any atom is -0.398 e. The minimum absolute atomic E-state index is 0.136. The van der Waals surface area contributed by atoms with Crippen LogP contribution in [0.15, 0.2) is 12.1 Å². The molecule has 0 saturated carbocycles. The van der Waals surface area contributed by atoms with Crippen molar-refractivity contribution >= 4 is 11.6 Å². The molecule has 0 radical (unpaired) electrons. The molecule has 15 heavy (non-hydrogen) atoms. The third-order valence-corrected chi connectivity index (χ3v) is 1.88. The molecular formula is C9H10F2N2O2. The molecule has 4 nitrogen and oxygen atoms in total. The van der Waals surface area contributed by atoms with E-state index in [-0.39, 0.29) is 11.3 Å². The monoisotopic (exact) mass is 216 g/mol. The lowest BCUT2D eigenvalue weighted by Crippen LogP contribution is -2.26. The Hall–Kier alpha value is -1.69. The molecule has 0 aliphatic heterocycles. The van der Waals surface area contributed by atoms with Gasteiger partial charge in [-0.05, 0) is 6.07 Å². The molecule has 6 heteroatoms. The Morgan fingerprint density at radius 3 is 2.47 bits per heavy atom. The Morgan fingerprint density at radius 2 is 1.93 bits per heavy atom. The van der Waals surface area contributed by atoms with Crippen LogP contribution in [0, 0.1) is 11.6 Å². The average molecular weight is 216 g/mol. The van der Waals surface area contributed by atoms with E-state index in [1.54, 1.807) is 0 Å². The van der Waals surface area contributed by atoms with Gasteiger partial charge in [0.1, 0.15) is 0 Å². The first-order valence-corrected chi connectivity index (χ1v) is 4.04. The maximum absolute atomic E-state index is 12.8. The maximum atomic E-state index is 12.8. The number of carbonyl (C=O) groups excluding carboxylic acids is 1. The summed E-state index contributed by atoms with van der Waals surface area (Å²) in [6.45, 7) is 0. The molecule has 0 spiro atoms. The van der Waals surface area contributed by atoms with E-state index in [1.165, 1.54) is 14.2 Å². The third-order valence-electron chi connectivity index (χ3n) is 1.88. The average Bonchev–Trinajstić information content (AvgIpc) is 2.21. The second kappa shape index (κ2) is 4.22. The van der Waals surface area contributed by atoms with E-state index in [9.17, 15) is 13.6 Å². The number of carbonyl (C=O) groups is 1. The summed E-state index contributed by atoms with van der Waals surface area (Å²) >= 11 is 0. The van der Waals surface area contributed by atoms with Crippen molar-refractivity contribution in [2.24, 2.45) is 0 Å². The molecule has 0 heterocycles. The van der Waals surface area contributed by atoms with Gasteiger partial charge in [-0.15, -0.1) is 0 Å². The fourth-order valence-corrected chi connectivity index (χ4v) is 1.000. The van der Waals surface area contributed by atoms with Crippen molar-refractivity contribution in [2.45, 2.75) is 0 Å². The van der Waals surface area contributed by atoms with E-state index in [0.717, 1.165) is 17.2 Å². The van der Waals surface area contributed by atoms with Crippen molar-refractivity contribution < 1.29 is 18.4 Å². The Kier molecular flexibility index (Phi) is 3.21. The van der Waals surface area contributed by atoms with Crippen LogP contribution in [0.25, 0.3) is 0 Å². The first kappa shape index (κ1) is 11.4. The Bertz CT molecular complexity index is 396. The Morgan fingerprint density at radius 1 is 1.40 bits per heavy atom. The van der Waals surface area contributed by atoms with E-state index in [0.29, 0.717) is 0 Å². The quantitative estimate of drug-likeness (QED) is 0.596. The van der Waals surface area contributed by atoms with Crippen LogP contribution in [0.4, 0.5) is 14.5 Å². The molecule has 82 valence electrons. The van der Waals surface area contributed by atoms with Crippen LogP contribution in [-0.4, -0.2) is 25.1 Å². The topological polar surface area (TPSA) is 55.6 Å². The molecule has 1 amide bonds. The van der Waals surface area contributed by atoms with E-state index in [2.05, 4.69) is 4.84 Å². The first-order valence-electron chi connectivity index (χ1n) is 4.04. The predicted octanol–water partition coefficient (Wildman–Crippen LogP) is 1.18. The normalized spacial score (nSPS) is 10.1.